The number of amides is 3. The maximum absolute atomic E-state index is 12.8. The average molecular weight is 442 g/mol. The van der Waals surface area contributed by atoms with E-state index in [4.69, 9.17) is 11.6 Å². The van der Waals surface area contributed by atoms with Crippen LogP contribution in [0.25, 0.3) is 0 Å². The van der Waals surface area contributed by atoms with Crippen LogP contribution in [0.4, 0.5) is 16.2 Å². The summed E-state index contributed by atoms with van der Waals surface area (Å²) in [5, 5.41) is 15.3. The van der Waals surface area contributed by atoms with Crippen molar-refractivity contribution in [2.45, 2.75) is 25.8 Å². The Morgan fingerprint density at radius 2 is 1.87 bits per heavy atom. The van der Waals surface area contributed by atoms with E-state index >= 15 is 0 Å². The SMILES string of the molecule is Cc1ccc(NC(=O)c2nnc([C@H]3CCCN3C(=O)Nc3ccccc3Cl)s2)cc1. The number of rotatable bonds is 4. The summed E-state index contributed by atoms with van der Waals surface area (Å²) in [5.74, 6) is -0.312. The summed E-state index contributed by atoms with van der Waals surface area (Å²) >= 11 is 7.35. The normalized spacial score (nSPS) is 15.8. The van der Waals surface area contributed by atoms with Crippen LogP contribution in [0.15, 0.2) is 48.5 Å². The summed E-state index contributed by atoms with van der Waals surface area (Å²) in [6.07, 6.45) is 1.62. The molecule has 30 heavy (non-hydrogen) atoms. The minimum absolute atomic E-state index is 0.217. The van der Waals surface area contributed by atoms with E-state index in [9.17, 15) is 9.59 Å². The molecule has 1 aliphatic heterocycles. The van der Waals surface area contributed by atoms with E-state index in [0.717, 1.165) is 18.4 Å². The molecule has 3 aromatic rings. The number of likely N-dealkylation sites (tertiary alicyclic amines) is 1. The Kier molecular flexibility index (Phi) is 5.96. The number of urea groups is 1. The maximum Gasteiger partial charge on any atom is 0.322 e. The van der Waals surface area contributed by atoms with Crippen molar-refractivity contribution in [1.82, 2.24) is 15.1 Å². The predicted octanol–water partition coefficient (Wildman–Crippen LogP) is 5.12. The van der Waals surface area contributed by atoms with Gasteiger partial charge in [-0.1, -0.05) is 52.8 Å². The van der Waals surface area contributed by atoms with Gasteiger partial charge < -0.3 is 15.5 Å². The first-order valence-corrected chi connectivity index (χ1v) is 10.7. The van der Waals surface area contributed by atoms with Gasteiger partial charge in [0.05, 0.1) is 16.8 Å². The van der Waals surface area contributed by atoms with Crippen molar-refractivity contribution in [2.24, 2.45) is 0 Å². The minimum Gasteiger partial charge on any atom is -0.320 e. The van der Waals surface area contributed by atoms with E-state index in [1.807, 2.05) is 37.3 Å². The van der Waals surface area contributed by atoms with Crippen LogP contribution >= 0.6 is 22.9 Å². The molecule has 0 bridgehead atoms. The summed E-state index contributed by atoms with van der Waals surface area (Å²) in [4.78, 5) is 27.0. The Morgan fingerprint density at radius 3 is 2.63 bits per heavy atom. The number of aromatic nitrogens is 2. The largest absolute Gasteiger partial charge is 0.322 e. The first-order valence-electron chi connectivity index (χ1n) is 9.55. The van der Waals surface area contributed by atoms with Crippen LogP contribution in [0.1, 0.15) is 39.3 Å². The number of nitrogens with zero attached hydrogens (tertiary/aromatic N) is 3. The molecule has 0 radical (unpaired) electrons. The highest BCUT2D eigenvalue weighted by molar-refractivity contribution is 7.13. The van der Waals surface area contributed by atoms with Gasteiger partial charge >= 0.3 is 6.03 Å². The second kappa shape index (κ2) is 8.81. The topological polar surface area (TPSA) is 87.2 Å². The molecule has 2 aromatic carbocycles. The average Bonchev–Trinajstić information content (AvgIpc) is 3.40. The Labute approximate surface area is 183 Å². The number of nitrogens with one attached hydrogen (secondary N) is 2. The van der Waals surface area contributed by atoms with E-state index in [-0.39, 0.29) is 23.0 Å². The number of benzene rings is 2. The second-order valence-corrected chi connectivity index (χ2v) is 8.44. The fourth-order valence-corrected chi connectivity index (χ4v) is 4.37. The van der Waals surface area contributed by atoms with Gasteiger partial charge in [0.1, 0.15) is 5.01 Å². The molecule has 0 unspecified atom stereocenters. The number of aryl methyl sites for hydroxylation is 1. The first kappa shape index (κ1) is 20.3. The number of carbonyl (C=O) groups is 2. The number of anilines is 2. The van der Waals surface area contributed by atoms with Crippen molar-refractivity contribution in [3.8, 4) is 0 Å². The van der Waals surface area contributed by atoms with Crippen molar-refractivity contribution >= 4 is 46.3 Å². The Morgan fingerprint density at radius 1 is 1.10 bits per heavy atom. The highest BCUT2D eigenvalue weighted by atomic mass is 35.5. The fraction of sp³-hybridized carbons (Fsp3) is 0.238. The molecule has 1 fully saturated rings. The lowest BCUT2D eigenvalue weighted by Crippen LogP contribution is -2.34. The van der Waals surface area contributed by atoms with Gasteiger partial charge in [0.25, 0.3) is 5.91 Å². The van der Waals surface area contributed by atoms with Gasteiger partial charge in [0, 0.05) is 12.2 Å². The summed E-state index contributed by atoms with van der Waals surface area (Å²) < 4.78 is 0. The molecule has 0 aliphatic carbocycles. The van der Waals surface area contributed by atoms with Gasteiger partial charge in [0.2, 0.25) is 5.01 Å². The van der Waals surface area contributed by atoms with Crippen LogP contribution in [-0.2, 0) is 0 Å². The molecule has 1 aromatic heterocycles. The highest BCUT2D eigenvalue weighted by Gasteiger charge is 2.33. The Hall–Kier alpha value is -2.97. The van der Waals surface area contributed by atoms with Crippen molar-refractivity contribution in [2.75, 3.05) is 17.2 Å². The zero-order chi connectivity index (χ0) is 21.1. The third kappa shape index (κ3) is 4.44. The van der Waals surface area contributed by atoms with Gasteiger partial charge in [-0.2, -0.15) is 0 Å². The van der Waals surface area contributed by atoms with Crippen molar-refractivity contribution in [3.63, 3.8) is 0 Å². The van der Waals surface area contributed by atoms with Crippen molar-refractivity contribution < 1.29 is 9.59 Å². The summed E-state index contributed by atoms with van der Waals surface area (Å²) in [6, 6.07) is 14.2. The van der Waals surface area contributed by atoms with Gasteiger partial charge in [-0.15, -0.1) is 10.2 Å². The second-order valence-electron chi connectivity index (χ2n) is 7.03. The molecule has 7 nitrogen and oxygen atoms in total. The number of halogens is 1. The quantitative estimate of drug-likeness (QED) is 0.588. The summed E-state index contributed by atoms with van der Waals surface area (Å²) in [5.41, 5.74) is 2.37. The minimum atomic E-state index is -0.312. The van der Waals surface area contributed by atoms with Crippen LogP contribution < -0.4 is 10.6 Å². The maximum atomic E-state index is 12.8. The van der Waals surface area contributed by atoms with E-state index in [1.54, 1.807) is 23.1 Å². The zero-order valence-electron chi connectivity index (χ0n) is 16.3. The molecular weight excluding hydrogens is 422 g/mol. The van der Waals surface area contributed by atoms with E-state index in [0.29, 0.717) is 27.9 Å². The summed E-state index contributed by atoms with van der Waals surface area (Å²) in [6.45, 7) is 2.59. The van der Waals surface area contributed by atoms with Crippen molar-refractivity contribution in [1.29, 1.82) is 0 Å². The van der Waals surface area contributed by atoms with E-state index in [1.165, 1.54) is 11.3 Å². The highest BCUT2D eigenvalue weighted by Crippen LogP contribution is 2.34. The summed E-state index contributed by atoms with van der Waals surface area (Å²) in [7, 11) is 0. The molecule has 1 saturated heterocycles. The molecule has 2 heterocycles. The standard InChI is InChI=1S/C21H20ClN5O2S/c1-13-8-10-14(11-9-13)23-18(28)20-26-25-19(30-20)17-7-4-12-27(17)21(29)24-16-6-3-2-5-15(16)22/h2-3,5-6,8-11,17H,4,7,12H2,1H3,(H,23,28)(H,24,29)/t17-/m1/s1. The first-order chi connectivity index (χ1) is 14.5. The number of carbonyl (C=O) groups excluding carboxylic acids is 2. The smallest absolute Gasteiger partial charge is 0.320 e. The molecule has 154 valence electrons. The molecule has 0 saturated carbocycles. The zero-order valence-corrected chi connectivity index (χ0v) is 17.8. The van der Waals surface area contributed by atoms with Crippen LogP contribution in [0, 0.1) is 6.92 Å². The molecule has 9 heteroatoms. The number of hydrogen-bond acceptors (Lipinski definition) is 5. The fourth-order valence-electron chi connectivity index (χ4n) is 3.30. The molecule has 3 amide bonds. The third-order valence-electron chi connectivity index (χ3n) is 4.86. The van der Waals surface area contributed by atoms with Gasteiger partial charge in [0.15, 0.2) is 0 Å². The third-order valence-corrected chi connectivity index (χ3v) is 6.21. The van der Waals surface area contributed by atoms with Crippen LogP contribution in [0.2, 0.25) is 5.02 Å². The number of para-hydroxylation sites is 1. The number of hydrogen-bond donors (Lipinski definition) is 2. The molecule has 1 atom stereocenters. The molecule has 1 aliphatic rings. The predicted molar refractivity (Wildman–Crippen MR) is 118 cm³/mol. The monoisotopic (exact) mass is 441 g/mol. The molecule has 4 rings (SSSR count). The molecular formula is C21H20ClN5O2S. The van der Waals surface area contributed by atoms with Crippen LogP contribution in [0.3, 0.4) is 0 Å². The lowest BCUT2D eigenvalue weighted by molar-refractivity contribution is 0.102. The molecule has 2 N–H and O–H groups in total. The van der Waals surface area contributed by atoms with Gasteiger partial charge in [-0.3, -0.25) is 4.79 Å². The van der Waals surface area contributed by atoms with E-state index < -0.39 is 0 Å². The van der Waals surface area contributed by atoms with Crippen molar-refractivity contribution in [3.05, 3.63) is 69.1 Å². The molecule has 0 spiro atoms. The Balaban J connectivity index is 1.45. The van der Waals surface area contributed by atoms with Gasteiger partial charge in [-0.05, 0) is 44.0 Å². The van der Waals surface area contributed by atoms with Crippen LogP contribution in [-0.4, -0.2) is 33.6 Å². The lowest BCUT2D eigenvalue weighted by Gasteiger charge is -2.23. The van der Waals surface area contributed by atoms with E-state index in [2.05, 4.69) is 20.8 Å². The lowest BCUT2D eigenvalue weighted by atomic mass is 10.2. The Bertz CT molecular complexity index is 1070. The van der Waals surface area contributed by atoms with Crippen LogP contribution in [0.5, 0.6) is 0 Å². The van der Waals surface area contributed by atoms with Gasteiger partial charge in [-0.25, -0.2) is 4.79 Å².